The van der Waals surface area contributed by atoms with Crippen LogP contribution in [0.4, 0.5) is 0 Å². The number of hydrogen-bond acceptors (Lipinski definition) is 3. The minimum absolute atomic E-state index is 0.746. The molecule has 0 aliphatic rings. The van der Waals surface area contributed by atoms with E-state index in [1.165, 1.54) is 0 Å². The van der Waals surface area contributed by atoms with Crippen LogP contribution in [0, 0.1) is 6.92 Å². The van der Waals surface area contributed by atoms with E-state index in [1.54, 1.807) is 0 Å². The van der Waals surface area contributed by atoms with Crippen LogP contribution < -0.4 is 5.32 Å². The molecule has 0 atom stereocenters. The van der Waals surface area contributed by atoms with Gasteiger partial charge in [0, 0.05) is 32.0 Å². The van der Waals surface area contributed by atoms with Gasteiger partial charge in [-0.15, -0.1) is 0 Å². The average Bonchev–Trinajstić information content (AvgIpc) is 2.44. The highest BCUT2D eigenvalue weighted by Crippen LogP contribution is 2.03. The smallest absolute Gasteiger partial charge is 0.169 e. The lowest BCUT2D eigenvalue weighted by Gasteiger charge is -2.24. The lowest BCUT2D eigenvalue weighted by atomic mass is 10.3. The van der Waals surface area contributed by atoms with E-state index in [9.17, 15) is 0 Å². The third kappa shape index (κ3) is 6.30. The van der Waals surface area contributed by atoms with Crippen LogP contribution in [-0.4, -0.2) is 41.3 Å². The summed E-state index contributed by atoms with van der Waals surface area (Å²) < 4.78 is 5.30. The third-order valence-corrected chi connectivity index (χ3v) is 3.32. The molecule has 0 amide bonds. The van der Waals surface area contributed by atoms with Gasteiger partial charge in [-0.1, -0.05) is 6.07 Å². The molecule has 0 aromatic carbocycles. The van der Waals surface area contributed by atoms with Crippen molar-refractivity contribution in [1.82, 2.24) is 15.2 Å². The van der Waals surface area contributed by atoms with Gasteiger partial charge in [-0.3, -0.25) is 4.98 Å². The maximum atomic E-state index is 5.43. The number of hydrogen-bond donors (Lipinski definition) is 1. The zero-order chi connectivity index (χ0) is 14.8. The van der Waals surface area contributed by atoms with Gasteiger partial charge in [0.05, 0.1) is 12.2 Å². The predicted octanol–water partition coefficient (Wildman–Crippen LogP) is 2.51. The Morgan fingerprint density at radius 3 is 2.85 bits per heavy atom. The standard InChI is InChI=1S/C15H25N3OS/c1-4-18(12-14-9-6-8-13(3)17-14)15(20)16-10-7-11-19-5-2/h6,8-9H,4-5,7,10-12H2,1-3H3,(H,16,20). The number of nitrogens with one attached hydrogen (secondary N) is 1. The fourth-order valence-corrected chi connectivity index (χ4v) is 2.13. The van der Waals surface area contributed by atoms with Crippen molar-refractivity contribution in [2.24, 2.45) is 0 Å². The van der Waals surface area contributed by atoms with Crippen molar-refractivity contribution in [3.8, 4) is 0 Å². The van der Waals surface area contributed by atoms with Gasteiger partial charge in [0.1, 0.15) is 0 Å². The largest absolute Gasteiger partial charge is 0.382 e. The molecule has 0 unspecified atom stereocenters. The van der Waals surface area contributed by atoms with Gasteiger partial charge in [-0.2, -0.15) is 0 Å². The second-order valence-corrected chi connectivity index (χ2v) is 4.95. The third-order valence-electron chi connectivity index (χ3n) is 2.91. The van der Waals surface area contributed by atoms with E-state index in [0.717, 1.165) is 55.8 Å². The monoisotopic (exact) mass is 295 g/mol. The summed E-state index contributed by atoms with van der Waals surface area (Å²) in [7, 11) is 0. The molecule has 1 aromatic rings. The Hall–Kier alpha value is -1.20. The van der Waals surface area contributed by atoms with Gasteiger partial charge < -0.3 is 15.0 Å². The van der Waals surface area contributed by atoms with Crippen LogP contribution in [0.2, 0.25) is 0 Å². The van der Waals surface area contributed by atoms with Crippen LogP contribution in [0.3, 0.4) is 0 Å². The summed E-state index contributed by atoms with van der Waals surface area (Å²) in [6.45, 7) is 10.1. The highest BCUT2D eigenvalue weighted by atomic mass is 32.1. The Morgan fingerprint density at radius 2 is 2.20 bits per heavy atom. The van der Waals surface area contributed by atoms with Crippen molar-refractivity contribution >= 4 is 17.3 Å². The van der Waals surface area contributed by atoms with Crippen molar-refractivity contribution in [2.75, 3.05) is 26.3 Å². The molecule has 112 valence electrons. The fraction of sp³-hybridized carbons (Fsp3) is 0.600. The Balaban J connectivity index is 2.39. The number of aryl methyl sites for hydroxylation is 1. The molecule has 1 rings (SSSR count). The maximum absolute atomic E-state index is 5.43. The van der Waals surface area contributed by atoms with Crippen LogP contribution in [0.25, 0.3) is 0 Å². The highest BCUT2D eigenvalue weighted by Gasteiger charge is 2.08. The predicted molar refractivity (Wildman–Crippen MR) is 86.8 cm³/mol. The molecule has 0 aliphatic carbocycles. The van der Waals surface area contributed by atoms with Gasteiger partial charge >= 0.3 is 0 Å². The molecular weight excluding hydrogens is 270 g/mol. The van der Waals surface area contributed by atoms with Crippen molar-refractivity contribution in [3.05, 3.63) is 29.6 Å². The molecular formula is C15H25N3OS. The topological polar surface area (TPSA) is 37.4 Å². The second kappa shape index (κ2) is 9.66. The van der Waals surface area contributed by atoms with Crippen LogP contribution >= 0.6 is 12.2 Å². The summed E-state index contributed by atoms with van der Waals surface area (Å²) in [4.78, 5) is 6.64. The second-order valence-electron chi connectivity index (χ2n) is 4.57. The Labute approximate surface area is 127 Å². The number of nitrogens with zero attached hydrogens (tertiary/aromatic N) is 2. The number of aromatic nitrogens is 1. The summed E-state index contributed by atoms with van der Waals surface area (Å²) in [6.07, 6.45) is 0.966. The van der Waals surface area contributed by atoms with E-state index in [2.05, 4.69) is 22.1 Å². The number of ether oxygens (including phenoxy) is 1. The first kappa shape index (κ1) is 16.9. The van der Waals surface area contributed by atoms with Crippen molar-refractivity contribution in [3.63, 3.8) is 0 Å². The normalized spacial score (nSPS) is 10.3. The fourth-order valence-electron chi connectivity index (χ4n) is 1.84. The van der Waals surface area contributed by atoms with E-state index < -0.39 is 0 Å². The SMILES string of the molecule is CCOCCCNC(=S)N(CC)Cc1cccc(C)n1. The van der Waals surface area contributed by atoms with E-state index in [4.69, 9.17) is 17.0 Å². The maximum Gasteiger partial charge on any atom is 0.169 e. The van der Waals surface area contributed by atoms with E-state index in [-0.39, 0.29) is 0 Å². The lowest BCUT2D eigenvalue weighted by molar-refractivity contribution is 0.145. The molecule has 0 radical (unpaired) electrons. The Kier molecular flexibility index (Phi) is 8.14. The van der Waals surface area contributed by atoms with Crippen LogP contribution in [0.15, 0.2) is 18.2 Å². The number of rotatable bonds is 8. The molecule has 5 heteroatoms. The van der Waals surface area contributed by atoms with Gasteiger partial charge in [-0.05, 0) is 51.5 Å². The molecule has 0 bridgehead atoms. The molecule has 1 N–H and O–H groups in total. The molecule has 4 nitrogen and oxygen atoms in total. The molecule has 20 heavy (non-hydrogen) atoms. The number of pyridine rings is 1. The van der Waals surface area contributed by atoms with E-state index in [1.807, 2.05) is 32.0 Å². The summed E-state index contributed by atoms with van der Waals surface area (Å²) in [5, 5.41) is 4.06. The van der Waals surface area contributed by atoms with Crippen LogP contribution in [-0.2, 0) is 11.3 Å². The van der Waals surface area contributed by atoms with Gasteiger partial charge in [0.15, 0.2) is 5.11 Å². The first-order valence-corrected chi connectivity index (χ1v) is 7.61. The minimum Gasteiger partial charge on any atom is -0.382 e. The van der Waals surface area contributed by atoms with E-state index >= 15 is 0 Å². The molecule has 0 saturated carbocycles. The first-order chi connectivity index (χ1) is 9.67. The van der Waals surface area contributed by atoms with Crippen LogP contribution in [0.5, 0.6) is 0 Å². The lowest BCUT2D eigenvalue weighted by Crippen LogP contribution is -2.40. The summed E-state index contributed by atoms with van der Waals surface area (Å²) >= 11 is 5.43. The summed E-state index contributed by atoms with van der Waals surface area (Å²) in [5.41, 5.74) is 2.08. The average molecular weight is 295 g/mol. The quantitative estimate of drug-likeness (QED) is 0.589. The molecule has 0 aliphatic heterocycles. The van der Waals surface area contributed by atoms with Crippen LogP contribution in [0.1, 0.15) is 31.7 Å². The molecule has 0 fully saturated rings. The van der Waals surface area contributed by atoms with Crippen molar-refractivity contribution < 1.29 is 4.74 Å². The molecule has 1 heterocycles. The first-order valence-electron chi connectivity index (χ1n) is 7.20. The Bertz CT molecular complexity index is 412. The molecule has 0 spiro atoms. The minimum atomic E-state index is 0.746. The Morgan fingerprint density at radius 1 is 1.40 bits per heavy atom. The van der Waals surface area contributed by atoms with Gasteiger partial charge in [0.2, 0.25) is 0 Å². The molecule has 1 aromatic heterocycles. The van der Waals surface area contributed by atoms with Crippen molar-refractivity contribution in [2.45, 2.75) is 33.7 Å². The highest BCUT2D eigenvalue weighted by molar-refractivity contribution is 7.80. The van der Waals surface area contributed by atoms with Gasteiger partial charge in [0.25, 0.3) is 0 Å². The van der Waals surface area contributed by atoms with E-state index in [0.29, 0.717) is 0 Å². The molecule has 0 saturated heterocycles. The zero-order valence-corrected chi connectivity index (χ0v) is 13.5. The number of thiocarbonyl (C=S) groups is 1. The summed E-state index contributed by atoms with van der Waals surface area (Å²) in [5.74, 6) is 0. The summed E-state index contributed by atoms with van der Waals surface area (Å²) in [6, 6.07) is 6.07. The van der Waals surface area contributed by atoms with Crippen molar-refractivity contribution in [1.29, 1.82) is 0 Å². The zero-order valence-electron chi connectivity index (χ0n) is 12.7. The van der Waals surface area contributed by atoms with Gasteiger partial charge in [-0.25, -0.2) is 0 Å².